The standard InChI is InChI=1S/C20H31N/c1-14(2)15-6-8-17-16(12-15)7-9-18-19(3,13-21)10-5-11-20(17,18)4/h6,8,12,14,18H,5,7,9-11,13,21H2,1-4H3/p+1/t18?,19-,20?/m0/s1. The van der Waals surface area contributed by atoms with Gasteiger partial charge in [-0.05, 0) is 59.6 Å². The number of fused-ring (bicyclic) bond motifs is 3. The van der Waals surface area contributed by atoms with Crippen molar-refractivity contribution >= 4 is 0 Å². The van der Waals surface area contributed by atoms with Crippen LogP contribution >= 0.6 is 0 Å². The predicted molar refractivity (Wildman–Crippen MR) is 89.4 cm³/mol. The molecular weight excluding hydrogens is 254 g/mol. The molecule has 0 saturated heterocycles. The molecule has 21 heavy (non-hydrogen) atoms. The van der Waals surface area contributed by atoms with Crippen molar-refractivity contribution in [3.05, 3.63) is 34.9 Å². The zero-order chi connectivity index (χ0) is 15.3. The Hall–Kier alpha value is -0.820. The summed E-state index contributed by atoms with van der Waals surface area (Å²) in [6.45, 7) is 10.7. The Morgan fingerprint density at radius 3 is 2.67 bits per heavy atom. The fourth-order valence-electron chi connectivity index (χ4n) is 5.30. The topological polar surface area (TPSA) is 27.6 Å². The van der Waals surface area contributed by atoms with Gasteiger partial charge < -0.3 is 5.73 Å². The molecule has 2 unspecified atom stereocenters. The highest BCUT2D eigenvalue weighted by Gasteiger charge is 2.51. The lowest BCUT2D eigenvalue weighted by Gasteiger charge is -2.54. The van der Waals surface area contributed by atoms with Crippen molar-refractivity contribution in [2.75, 3.05) is 6.54 Å². The average molecular weight is 286 g/mol. The van der Waals surface area contributed by atoms with Crippen LogP contribution in [-0.4, -0.2) is 6.54 Å². The van der Waals surface area contributed by atoms with Gasteiger partial charge in [0.2, 0.25) is 0 Å². The number of quaternary nitrogens is 1. The second-order valence-corrected chi connectivity index (χ2v) is 8.34. The molecule has 0 amide bonds. The molecular formula is C20H32N+. The Bertz CT molecular complexity index is 533. The molecule has 116 valence electrons. The van der Waals surface area contributed by atoms with Gasteiger partial charge >= 0.3 is 0 Å². The fraction of sp³-hybridized carbons (Fsp3) is 0.700. The van der Waals surface area contributed by atoms with Crippen LogP contribution in [0.15, 0.2) is 18.2 Å². The third kappa shape index (κ3) is 2.25. The van der Waals surface area contributed by atoms with Crippen LogP contribution in [0.5, 0.6) is 0 Å². The van der Waals surface area contributed by atoms with E-state index in [1.165, 1.54) is 37.7 Å². The lowest BCUT2D eigenvalue weighted by molar-refractivity contribution is -0.399. The second kappa shape index (κ2) is 5.12. The summed E-state index contributed by atoms with van der Waals surface area (Å²) >= 11 is 0. The molecule has 0 radical (unpaired) electrons. The highest BCUT2D eigenvalue weighted by Crippen LogP contribution is 2.56. The third-order valence-electron chi connectivity index (χ3n) is 6.74. The highest BCUT2D eigenvalue weighted by molar-refractivity contribution is 5.42. The third-order valence-corrected chi connectivity index (χ3v) is 6.74. The molecule has 3 atom stereocenters. The average Bonchev–Trinajstić information content (AvgIpc) is 2.46. The van der Waals surface area contributed by atoms with E-state index in [0.29, 0.717) is 16.7 Å². The zero-order valence-electron chi connectivity index (χ0n) is 14.3. The maximum Gasteiger partial charge on any atom is 0.0797 e. The first kappa shape index (κ1) is 15.1. The number of hydrogen-bond donors (Lipinski definition) is 1. The molecule has 1 aromatic carbocycles. The minimum absolute atomic E-state index is 0.383. The van der Waals surface area contributed by atoms with E-state index in [9.17, 15) is 0 Å². The molecule has 0 aliphatic heterocycles. The summed E-state index contributed by atoms with van der Waals surface area (Å²) in [4.78, 5) is 0. The number of benzene rings is 1. The van der Waals surface area contributed by atoms with Crippen LogP contribution in [0.2, 0.25) is 0 Å². The van der Waals surface area contributed by atoms with Gasteiger partial charge in [-0.3, -0.25) is 0 Å². The van der Waals surface area contributed by atoms with E-state index in [-0.39, 0.29) is 0 Å². The fourth-order valence-corrected chi connectivity index (χ4v) is 5.30. The predicted octanol–water partition coefficient (Wildman–Crippen LogP) is 4.06. The largest absolute Gasteiger partial charge is 0.357 e. The van der Waals surface area contributed by atoms with Crippen molar-refractivity contribution in [2.24, 2.45) is 11.3 Å². The highest BCUT2D eigenvalue weighted by atomic mass is 14.7. The van der Waals surface area contributed by atoms with Gasteiger partial charge in [0.1, 0.15) is 0 Å². The van der Waals surface area contributed by atoms with E-state index in [1.807, 2.05) is 0 Å². The second-order valence-electron chi connectivity index (χ2n) is 8.34. The summed E-state index contributed by atoms with van der Waals surface area (Å²) in [5.74, 6) is 1.45. The van der Waals surface area contributed by atoms with Crippen LogP contribution in [0.4, 0.5) is 0 Å². The van der Waals surface area contributed by atoms with Crippen LogP contribution in [0, 0.1) is 11.3 Å². The molecule has 0 spiro atoms. The summed E-state index contributed by atoms with van der Waals surface area (Å²) in [5.41, 5.74) is 9.92. The van der Waals surface area contributed by atoms with Crippen LogP contribution in [-0.2, 0) is 11.8 Å². The first-order valence-corrected chi connectivity index (χ1v) is 8.83. The van der Waals surface area contributed by atoms with Gasteiger partial charge in [0.15, 0.2) is 0 Å². The van der Waals surface area contributed by atoms with E-state index in [2.05, 4.69) is 51.6 Å². The van der Waals surface area contributed by atoms with Crippen molar-refractivity contribution in [2.45, 2.75) is 71.1 Å². The summed E-state index contributed by atoms with van der Waals surface area (Å²) in [6, 6.07) is 7.34. The van der Waals surface area contributed by atoms with Gasteiger partial charge in [0, 0.05) is 5.41 Å². The first-order chi connectivity index (χ1) is 9.90. The summed E-state index contributed by atoms with van der Waals surface area (Å²) < 4.78 is 0. The molecule has 1 saturated carbocycles. The summed E-state index contributed by atoms with van der Waals surface area (Å²) in [5, 5.41) is 0. The lowest BCUT2D eigenvalue weighted by atomic mass is 9.50. The van der Waals surface area contributed by atoms with E-state index in [1.54, 1.807) is 11.1 Å². The molecule has 0 heterocycles. The summed E-state index contributed by atoms with van der Waals surface area (Å²) in [7, 11) is 0. The SMILES string of the molecule is CC(C)c1ccc2c(c1)CCC1C2(C)CCC[C@@]1(C)C[NH3+]. The molecule has 1 heteroatoms. The quantitative estimate of drug-likeness (QED) is 0.849. The molecule has 1 aromatic rings. The molecule has 0 aromatic heterocycles. The molecule has 0 bridgehead atoms. The lowest BCUT2D eigenvalue weighted by Crippen LogP contribution is -2.63. The van der Waals surface area contributed by atoms with Gasteiger partial charge in [-0.25, -0.2) is 0 Å². The minimum atomic E-state index is 0.383. The van der Waals surface area contributed by atoms with Crippen molar-refractivity contribution in [3.8, 4) is 0 Å². The van der Waals surface area contributed by atoms with Gasteiger partial charge in [0.05, 0.1) is 6.54 Å². The molecule has 3 N–H and O–H groups in total. The summed E-state index contributed by atoms with van der Waals surface area (Å²) in [6.07, 6.45) is 6.73. The van der Waals surface area contributed by atoms with Crippen molar-refractivity contribution in [1.29, 1.82) is 0 Å². The molecule has 2 aliphatic carbocycles. The van der Waals surface area contributed by atoms with E-state index < -0.39 is 0 Å². The first-order valence-electron chi connectivity index (χ1n) is 8.83. The van der Waals surface area contributed by atoms with Crippen molar-refractivity contribution in [3.63, 3.8) is 0 Å². The van der Waals surface area contributed by atoms with Crippen LogP contribution < -0.4 is 5.73 Å². The van der Waals surface area contributed by atoms with Crippen molar-refractivity contribution in [1.82, 2.24) is 0 Å². The van der Waals surface area contributed by atoms with Gasteiger partial charge in [0.25, 0.3) is 0 Å². The Kier molecular flexibility index (Phi) is 3.68. The van der Waals surface area contributed by atoms with Gasteiger partial charge in [-0.2, -0.15) is 0 Å². The smallest absolute Gasteiger partial charge is 0.0797 e. The number of rotatable bonds is 2. The monoisotopic (exact) mass is 286 g/mol. The van der Waals surface area contributed by atoms with E-state index in [4.69, 9.17) is 0 Å². The van der Waals surface area contributed by atoms with Crippen LogP contribution in [0.1, 0.15) is 76.0 Å². The maximum atomic E-state index is 4.30. The minimum Gasteiger partial charge on any atom is -0.357 e. The molecule has 1 nitrogen and oxygen atoms in total. The van der Waals surface area contributed by atoms with Gasteiger partial charge in [-0.15, -0.1) is 0 Å². The van der Waals surface area contributed by atoms with Crippen molar-refractivity contribution < 1.29 is 5.73 Å². The molecule has 1 fully saturated rings. The number of hydrogen-bond acceptors (Lipinski definition) is 0. The molecule has 3 rings (SSSR count). The Morgan fingerprint density at radius 2 is 2.00 bits per heavy atom. The maximum absolute atomic E-state index is 4.30. The number of aryl methyl sites for hydroxylation is 1. The van der Waals surface area contributed by atoms with Crippen LogP contribution in [0.3, 0.4) is 0 Å². The Morgan fingerprint density at radius 1 is 1.24 bits per heavy atom. The van der Waals surface area contributed by atoms with E-state index >= 15 is 0 Å². The Labute approximate surface area is 130 Å². The van der Waals surface area contributed by atoms with Crippen LogP contribution in [0.25, 0.3) is 0 Å². The van der Waals surface area contributed by atoms with Gasteiger partial charge in [-0.1, -0.05) is 52.3 Å². The zero-order valence-corrected chi connectivity index (χ0v) is 14.3. The normalized spacial score (nSPS) is 35.4. The molecule has 2 aliphatic rings. The Balaban J connectivity index is 2.05. The van der Waals surface area contributed by atoms with E-state index in [0.717, 1.165) is 12.5 Å².